The summed E-state index contributed by atoms with van der Waals surface area (Å²) in [6.07, 6.45) is 0. The SMILES string of the molecule is c1cc(-c2ccc(-c3ccc(C4=NCCN4)cc3)[nH]2)ccc1C1=NCCN1. The predicted molar refractivity (Wildman–Crippen MR) is 110 cm³/mol. The van der Waals surface area contributed by atoms with Crippen LogP contribution < -0.4 is 10.6 Å². The lowest BCUT2D eigenvalue weighted by Crippen LogP contribution is -2.19. The number of nitrogens with one attached hydrogen (secondary N) is 3. The first-order chi connectivity index (χ1) is 13.4. The summed E-state index contributed by atoms with van der Waals surface area (Å²) in [4.78, 5) is 12.5. The van der Waals surface area contributed by atoms with Gasteiger partial charge in [-0.3, -0.25) is 9.98 Å². The van der Waals surface area contributed by atoms with Gasteiger partial charge in [-0.25, -0.2) is 0 Å². The fraction of sp³-hybridized carbons (Fsp3) is 0.182. The van der Waals surface area contributed by atoms with Crippen molar-refractivity contribution in [2.24, 2.45) is 9.98 Å². The molecule has 134 valence electrons. The van der Waals surface area contributed by atoms with Crippen LogP contribution in [0.4, 0.5) is 0 Å². The Morgan fingerprint density at radius 3 is 1.30 bits per heavy atom. The van der Waals surface area contributed by atoms with E-state index in [1.165, 1.54) is 11.1 Å². The van der Waals surface area contributed by atoms with Crippen molar-refractivity contribution in [2.45, 2.75) is 0 Å². The molecule has 3 heterocycles. The highest BCUT2D eigenvalue weighted by Crippen LogP contribution is 2.25. The molecule has 0 amide bonds. The molecular formula is C22H21N5. The van der Waals surface area contributed by atoms with Gasteiger partial charge < -0.3 is 15.6 Å². The maximum atomic E-state index is 4.47. The molecule has 0 atom stereocenters. The van der Waals surface area contributed by atoms with Crippen molar-refractivity contribution in [3.8, 4) is 22.5 Å². The quantitative estimate of drug-likeness (QED) is 0.673. The third-order valence-corrected chi connectivity index (χ3v) is 4.97. The lowest BCUT2D eigenvalue weighted by atomic mass is 10.1. The summed E-state index contributed by atoms with van der Waals surface area (Å²) in [5.41, 5.74) is 6.85. The molecule has 0 saturated carbocycles. The molecule has 1 aromatic heterocycles. The van der Waals surface area contributed by atoms with E-state index in [0.29, 0.717) is 0 Å². The number of aromatic amines is 1. The van der Waals surface area contributed by atoms with Crippen molar-refractivity contribution in [3.63, 3.8) is 0 Å². The van der Waals surface area contributed by atoms with E-state index in [1.807, 2.05) is 0 Å². The molecular weight excluding hydrogens is 334 g/mol. The summed E-state index contributed by atoms with van der Waals surface area (Å²) in [6, 6.07) is 21.3. The zero-order valence-corrected chi connectivity index (χ0v) is 15.0. The molecule has 0 radical (unpaired) electrons. The van der Waals surface area contributed by atoms with Crippen molar-refractivity contribution in [1.82, 2.24) is 15.6 Å². The van der Waals surface area contributed by atoms with Crippen molar-refractivity contribution < 1.29 is 0 Å². The van der Waals surface area contributed by atoms with Gasteiger partial charge in [-0.1, -0.05) is 48.5 Å². The average Bonchev–Trinajstić information content (AvgIpc) is 3.51. The Balaban J connectivity index is 1.36. The molecule has 2 aliphatic heterocycles. The van der Waals surface area contributed by atoms with Crippen LogP contribution in [0, 0.1) is 0 Å². The molecule has 3 N–H and O–H groups in total. The van der Waals surface area contributed by atoms with Gasteiger partial charge in [0.05, 0.1) is 13.1 Å². The van der Waals surface area contributed by atoms with Crippen molar-refractivity contribution in [1.29, 1.82) is 0 Å². The highest BCUT2D eigenvalue weighted by Gasteiger charge is 2.10. The Morgan fingerprint density at radius 2 is 0.926 bits per heavy atom. The first-order valence-electron chi connectivity index (χ1n) is 9.34. The second-order valence-corrected chi connectivity index (χ2v) is 6.75. The van der Waals surface area contributed by atoms with Crippen LogP contribution in [0.1, 0.15) is 11.1 Å². The fourth-order valence-corrected chi connectivity index (χ4v) is 3.53. The summed E-state index contributed by atoms with van der Waals surface area (Å²) < 4.78 is 0. The van der Waals surface area contributed by atoms with Gasteiger partial charge in [0.15, 0.2) is 0 Å². The second kappa shape index (κ2) is 6.76. The zero-order chi connectivity index (χ0) is 18.1. The molecule has 0 bridgehead atoms. The number of nitrogens with zero attached hydrogens (tertiary/aromatic N) is 2. The maximum Gasteiger partial charge on any atom is 0.128 e. The lowest BCUT2D eigenvalue weighted by Gasteiger charge is -2.05. The highest BCUT2D eigenvalue weighted by molar-refractivity contribution is 6.00. The Hall–Kier alpha value is -3.34. The molecule has 0 fully saturated rings. The lowest BCUT2D eigenvalue weighted by molar-refractivity contribution is 0.960. The highest BCUT2D eigenvalue weighted by atomic mass is 15.1. The zero-order valence-electron chi connectivity index (χ0n) is 15.0. The normalized spacial score (nSPS) is 15.9. The molecule has 0 unspecified atom stereocenters. The maximum absolute atomic E-state index is 4.47. The van der Waals surface area contributed by atoms with Crippen LogP contribution in [-0.4, -0.2) is 42.8 Å². The first-order valence-corrected chi connectivity index (χ1v) is 9.34. The van der Waals surface area contributed by atoms with Gasteiger partial charge in [0, 0.05) is 35.6 Å². The van der Waals surface area contributed by atoms with Crippen LogP contribution >= 0.6 is 0 Å². The minimum Gasteiger partial charge on any atom is -0.368 e. The summed E-state index contributed by atoms with van der Waals surface area (Å²) in [7, 11) is 0. The number of hydrogen-bond donors (Lipinski definition) is 3. The van der Waals surface area contributed by atoms with E-state index in [-0.39, 0.29) is 0 Å². The van der Waals surface area contributed by atoms with Crippen molar-refractivity contribution in [3.05, 3.63) is 71.8 Å². The van der Waals surface area contributed by atoms with E-state index in [4.69, 9.17) is 0 Å². The molecule has 5 heteroatoms. The third kappa shape index (κ3) is 3.12. The van der Waals surface area contributed by atoms with Gasteiger partial charge in [-0.2, -0.15) is 0 Å². The van der Waals surface area contributed by atoms with E-state index in [9.17, 15) is 0 Å². The minimum atomic E-state index is 0.860. The summed E-state index contributed by atoms with van der Waals surface area (Å²) in [6.45, 7) is 3.58. The predicted octanol–water partition coefficient (Wildman–Crippen LogP) is 3.05. The topological polar surface area (TPSA) is 64.6 Å². The number of aromatic nitrogens is 1. The molecule has 27 heavy (non-hydrogen) atoms. The molecule has 0 saturated heterocycles. The van der Waals surface area contributed by atoms with Gasteiger partial charge in [0.1, 0.15) is 11.7 Å². The Morgan fingerprint density at radius 1 is 0.519 bits per heavy atom. The van der Waals surface area contributed by atoms with Crippen molar-refractivity contribution in [2.75, 3.05) is 26.2 Å². The third-order valence-electron chi connectivity index (χ3n) is 4.97. The molecule has 5 rings (SSSR count). The number of aliphatic imine (C=N–C) groups is 2. The van der Waals surface area contributed by atoms with Gasteiger partial charge in [0.25, 0.3) is 0 Å². The van der Waals surface area contributed by atoms with E-state index in [0.717, 1.165) is 60.4 Å². The molecule has 0 spiro atoms. The second-order valence-electron chi connectivity index (χ2n) is 6.75. The number of H-pyrrole nitrogens is 1. The van der Waals surface area contributed by atoms with Crippen molar-refractivity contribution >= 4 is 11.7 Å². The number of hydrogen-bond acceptors (Lipinski definition) is 4. The largest absolute Gasteiger partial charge is 0.368 e. The van der Waals surface area contributed by atoms with Crippen LogP contribution in [0.2, 0.25) is 0 Å². The van der Waals surface area contributed by atoms with Crippen LogP contribution in [0.15, 0.2) is 70.6 Å². The molecule has 3 aromatic rings. The monoisotopic (exact) mass is 355 g/mol. The average molecular weight is 355 g/mol. The van der Waals surface area contributed by atoms with E-state index >= 15 is 0 Å². The van der Waals surface area contributed by atoms with Gasteiger partial charge in [-0.05, 0) is 23.3 Å². The number of amidine groups is 2. The van der Waals surface area contributed by atoms with Crippen LogP contribution in [-0.2, 0) is 0 Å². The smallest absolute Gasteiger partial charge is 0.128 e. The first kappa shape index (κ1) is 15.9. The number of benzene rings is 2. The van der Waals surface area contributed by atoms with Gasteiger partial charge in [-0.15, -0.1) is 0 Å². The molecule has 0 aliphatic carbocycles. The Labute approximate surface area is 158 Å². The standard InChI is InChI=1S/C22H21N5/c1-5-17(21-23-11-12-24-21)6-2-15(1)19-9-10-20(27-19)16-3-7-18(8-4-16)22-25-13-14-26-22/h1-10,27H,11-14H2,(H,23,24)(H,25,26). The van der Waals surface area contributed by atoms with Gasteiger partial charge in [0.2, 0.25) is 0 Å². The van der Waals surface area contributed by atoms with Gasteiger partial charge >= 0.3 is 0 Å². The summed E-state index contributed by atoms with van der Waals surface area (Å²) in [5.74, 6) is 1.99. The summed E-state index contributed by atoms with van der Waals surface area (Å²) in [5, 5.41) is 6.62. The van der Waals surface area contributed by atoms with Crippen LogP contribution in [0.3, 0.4) is 0 Å². The number of rotatable bonds is 4. The van der Waals surface area contributed by atoms with Crippen LogP contribution in [0.5, 0.6) is 0 Å². The van der Waals surface area contributed by atoms with E-state index < -0.39 is 0 Å². The Bertz CT molecular complexity index is 928. The molecule has 5 nitrogen and oxygen atoms in total. The fourth-order valence-electron chi connectivity index (χ4n) is 3.53. The van der Waals surface area contributed by atoms with E-state index in [1.54, 1.807) is 0 Å². The molecule has 2 aliphatic rings. The summed E-state index contributed by atoms with van der Waals surface area (Å²) >= 11 is 0. The van der Waals surface area contributed by atoms with E-state index in [2.05, 4.69) is 86.3 Å². The Kier molecular flexibility index (Phi) is 3.98. The van der Waals surface area contributed by atoms with Crippen LogP contribution in [0.25, 0.3) is 22.5 Å². The molecule has 2 aromatic carbocycles. The minimum absolute atomic E-state index is 0.860.